The number of benzene rings is 2. The molecule has 5 N–H and O–H groups in total. The molecule has 4 nitrogen and oxygen atoms in total. The molecule has 118 valence electrons. The summed E-state index contributed by atoms with van der Waals surface area (Å²) in [6.07, 6.45) is 3.84. The van der Waals surface area contributed by atoms with Crippen molar-refractivity contribution < 1.29 is 4.74 Å². The van der Waals surface area contributed by atoms with E-state index in [9.17, 15) is 0 Å². The molecule has 0 saturated carbocycles. The van der Waals surface area contributed by atoms with Gasteiger partial charge in [-0.3, -0.25) is 0 Å². The number of nitrogens with one attached hydrogen (secondary N) is 1. The molecule has 0 fully saturated rings. The molecule has 2 aromatic carbocycles. The van der Waals surface area contributed by atoms with Crippen LogP contribution in [0.1, 0.15) is 18.1 Å². The molecule has 0 saturated heterocycles. The number of dihydropyridines is 1. The molecule has 0 aromatic heterocycles. The fourth-order valence-corrected chi connectivity index (χ4v) is 2.64. The zero-order chi connectivity index (χ0) is 16.3. The fraction of sp³-hybridized carbons (Fsp3) is 0.158. The maximum atomic E-state index is 6.17. The van der Waals surface area contributed by atoms with Gasteiger partial charge in [-0.1, -0.05) is 48.5 Å². The van der Waals surface area contributed by atoms with Crippen LogP contribution in [0.3, 0.4) is 0 Å². The van der Waals surface area contributed by atoms with Crippen LogP contribution in [0.25, 0.3) is 0 Å². The van der Waals surface area contributed by atoms with E-state index in [1.165, 1.54) is 0 Å². The van der Waals surface area contributed by atoms with Crippen molar-refractivity contribution in [3.63, 3.8) is 0 Å². The summed E-state index contributed by atoms with van der Waals surface area (Å²) >= 11 is 0. The van der Waals surface area contributed by atoms with Crippen molar-refractivity contribution in [3.05, 3.63) is 89.5 Å². The molecular formula is C19H21N3O. The van der Waals surface area contributed by atoms with Crippen LogP contribution < -0.4 is 21.5 Å². The first kappa shape index (κ1) is 15.0. The Hall–Kier alpha value is -2.88. The van der Waals surface area contributed by atoms with Crippen LogP contribution >= 0.6 is 0 Å². The van der Waals surface area contributed by atoms with Crippen LogP contribution in [0.15, 0.2) is 78.4 Å². The van der Waals surface area contributed by atoms with Gasteiger partial charge in [-0.25, -0.2) is 0 Å². The first-order chi connectivity index (χ1) is 11.1. The van der Waals surface area contributed by atoms with E-state index in [0.717, 1.165) is 16.9 Å². The van der Waals surface area contributed by atoms with Crippen LogP contribution in [-0.4, -0.2) is 0 Å². The van der Waals surface area contributed by atoms with Crippen molar-refractivity contribution in [2.24, 2.45) is 11.5 Å². The van der Waals surface area contributed by atoms with Gasteiger partial charge in [-0.2, -0.15) is 0 Å². The lowest BCUT2D eigenvalue weighted by Gasteiger charge is -2.31. The lowest BCUT2D eigenvalue weighted by atomic mass is 9.78. The predicted molar refractivity (Wildman–Crippen MR) is 92.2 cm³/mol. The summed E-state index contributed by atoms with van der Waals surface area (Å²) in [4.78, 5) is 0. The van der Waals surface area contributed by atoms with E-state index in [4.69, 9.17) is 16.2 Å². The minimum absolute atomic E-state index is 0.409. The Labute approximate surface area is 136 Å². The van der Waals surface area contributed by atoms with Gasteiger partial charge in [-0.05, 0) is 36.4 Å². The molecule has 0 radical (unpaired) electrons. The minimum atomic E-state index is -0.409. The molecule has 23 heavy (non-hydrogen) atoms. The van der Waals surface area contributed by atoms with E-state index in [2.05, 4.69) is 5.32 Å². The third-order valence-corrected chi connectivity index (χ3v) is 4.21. The van der Waals surface area contributed by atoms with Crippen LogP contribution in [0.4, 0.5) is 0 Å². The van der Waals surface area contributed by atoms with Crippen molar-refractivity contribution >= 4 is 0 Å². The summed E-state index contributed by atoms with van der Waals surface area (Å²) in [5.41, 5.74) is 14.5. The normalized spacial score (nSPS) is 20.2. The van der Waals surface area contributed by atoms with E-state index < -0.39 is 5.41 Å². The van der Waals surface area contributed by atoms with Crippen LogP contribution in [0, 0.1) is 0 Å². The van der Waals surface area contributed by atoms with Gasteiger partial charge in [0.1, 0.15) is 18.2 Å². The van der Waals surface area contributed by atoms with Gasteiger partial charge in [0, 0.05) is 0 Å². The molecular weight excluding hydrogens is 286 g/mol. The predicted octanol–water partition coefficient (Wildman–Crippen LogP) is 2.73. The summed E-state index contributed by atoms with van der Waals surface area (Å²) in [5, 5.41) is 2.93. The second-order valence-electron chi connectivity index (χ2n) is 5.81. The van der Waals surface area contributed by atoms with Gasteiger partial charge in [0.25, 0.3) is 0 Å². The highest BCUT2D eigenvalue weighted by molar-refractivity contribution is 5.45. The van der Waals surface area contributed by atoms with Crippen molar-refractivity contribution in [3.8, 4) is 5.75 Å². The van der Waals surface area contributed by atoms with Crippen molar-refractivity contribution in [1.29, 1.82) is 0 Å². The van der Waals surface area contributed by atoms with E-state index in [0.29, 0.717) is 18.1 Å². The Balaban J connectivity index is 1.75. The van der Waals surface area contributed by atoms with Crippen molar-refractivity contribution in [1.82, 2.24) is 5.32 Å². The Morgan fingerprint density at radius 1 is 1.00 bits per heavy atom. The molecule has 1 heterocycles. The Morgan fingerprint density at radius 3 is 2.39 bits per heavy atom. The number of nitrogens with two attached hydrogens (primary N) is 2. The molecule has 4 heteroatoms. The Kier molecular flexibility index (Phi) is 3.98. The summed E-state index contributed by atoms with van der Waals surface area (Å²) in [6.45, 7) is 2.60. The molecule has 1 unspecified atom stereocenters. The number of allylic oxidation sites excluding steroid dienone is 1. The van der Waals surface area contributed by atoms with Gasteiger partial charge < -0.3 is 21.5 Å². The number of ether oxygens (including phenoxy) is 1. The summed E-state index contributed by atoms with van der Waals surface area (Å²) in [7, 11) is 0. The first-order valence-electron chi connectivity index (χ1n) is 7.57. The summed E-state index contributed by atoms with van der Waals surface area (Å²) < 4.78 is 5.82. The van der Waals surface area contributed by atoms with E-state index >= 15 is 0 Å². The number of rotatable bonds is 4. The van der Waals surface area contributed by atoms with Gasteiger partial charge in [-0.15, -0.1) is 0 Å². The second-order valence-corrected chi connectivity index (χ2v) is 5.81. The summed E-state index contributed by atoms with van der Waals surface area (Å²) in [5.74, 6) is 1.33. The fourth-order valence-electron chi connectivity index (χ4n) is 2.64. The van der Waals surface area contributed by atoms with Crippen molar-refractivity contribution in [2.45, 2.75) is 18.9 Å². The first-order valence-corrected chi connectivity index (χ1v) is 7.57. The second kappa shape index (κ2) is 6.08. The maximum absolute atomic E-state index is 6.17. The van der Waals surface area contributed by atoms with E-state index in [1.54, 1.807) is 0 Å². The summed E-state index contributed by atoms with van der Waals surface area (Å²) in [6, 6.07) is 18.1. The molecule has 1 aliphatic heterocycles. The smallest absolute Gasteiger partial charge is 0.121 e. The minimum Gasteiger partial charge on any atom is -0.489 e. The van der Waals surface area contributed by atoms with Gasteiger partial charge in [0.15, 0.2) is 0 Å². The topological polar surface area (TPSA) is 73.3 Å². The molecule has 0 aliphatic carbocycles. The van der Waals surface area contributed by atoms with Crippen LogP contribution in [-0.2, 0) is 12.0 Å². The van der Waals surface area contributed by atoms with Crippen LogP contribution in [0.2, 0.25) is 0 Å². The van der Waals surface area contributed by atoms with E-state index in [1.807, 2.05) is 73.8 Å². The largest absolute Gasteiger partial charge is 0.489 e. The standard InChI is InChI=1S/C19H21N3O/c1-19(11-12-22-18(21)17(19)20)15-7-9-16(10-8-15)23-13-14-5-3-2-4-6-14/h2-12,22H,13,20-21H2,1H3. The average molecular weight is 307 g/mol. The third-order valence-electron chi connectivity index (χ3n) is 4.21. The third kappa shape index (κ3) is 3.01. The zero-order valence-corrected chi connectivity index (χ0v) is 13.1. The molecule has 0 bridgehead atoms. The van der Waals surface area contributed by atoms with Crippen LogP contribution in [0.5, 0.6) is 5.75 Å². The maximum Gasteiger partial charge on any atom is 0.121 e. The molecule has 2 aromatic rings. The lowest BCUT2D eigenvalue weighted by molar-refractivity contribution is 0.306. The molecule has 0 spiro atoms. The number of hydrogen-bond donors (Lipinski definition) is 3. The van der Waals surface area contributed by atoms with Crippen molar-refractivity contribution in [2.75, 3.05) is 0 Å². The SMILES string of the molecule is CC1(c2ccc(OCc3ccccc3)cc2)C=CNC(N)=C1N. The molecule has 1 atom stereocenters. The van der Waals surface area contributed by atoms with E-state index in [-0.39, 0.29) is 0 Å². The highest BCUT2D eigenvalue weighted by Gasteiger charge is 2.30. The number of hydrogen-bond acceptors (Lipinski definition) is 4. The molecule has 3 rings (SSSR count). The van der Waals surface area contributed by atoms with Gasteiger partial charge >= 0.3 is 0 Å². The Bertz CT molecular complexity index is 735. The average Bonchev–Trinajstić information content (AvgIpc) is 2.59. The highest BCUT2D eigenvalue weighted by atomic mass is 16.5. The molecule has 1 aliphatic rings. The van der Waals surface area contributed by atoms with Gasteiger partial charge in [0.2, 0.25) is 0 Å². The highest BCUT2D eigenvalue weighted by Crippen LogP contribution is 2.34. The monoisotopic (exact) mass is 307 g/mol. The zero-order valence-electron chi connectivity index (χ0n) is 13.1. The lowest BCUT2D eigenvalue weighted by Crippen LogP contribution is -2.37. The van der Waals surface area contributed by atoms with Gasteiger partial charge in [0.05, 0.1) is 11.1 Å². The molecule has 0 amide bonds. The quantitative estimate of drug-likeness (QED) is 0.812. The Morgan fingerprint density at radius 2 is 1.70 bits per heavy atom.